The van der Waals surface area contributed by atoms with Gasteiger partial charge >= 0.3 is 0 Å². The number of rotatable bonds is 3. The first-order chi connectivity index (χ1) is 6.80. The van der Waals surface area contributed by atoms with Crippen LogP contribution in [0.3, 0.4) is 0 Å². The summed E-state index contributed by atoms with van der Waals surface area (Å²) in [5.74, 6) is 0. The van der Waals surface area contributed by atoms with Crippen LogP contribution in [0.25, 0.3) is 0 Å². The summed E-state index contributed by atoms with van der Waals surface area (Å²) in [5.41, 5.74) is 2.62. The normalized spacial score (nSPS) is 14.3. The third-order valence-electron chi connectivity index (χ3n) is 2.99. The summed E-state index contributed by atoms with van der Waals surface area (Å²) >= 11 is 0. The molecule has 86 valence electrons. The fourth-order valence-electron chi connectivity index (χ4n) is 1.39. The molecule has 0 aromatic carbocycles. The maximum absolute atomic E-state index is 4.33. The van der Waals surface area contributed by atoms with Crippen LogP contribution in [-0.2, 0) is 13.6 Å². The SMILES string of the molecule is Cc1cc(CNC(C)C(C)(C)C)n(C)n1. The van der Waals surface area contributed by atoms with Crippen molar-refractivity contribution in [3.05, 3.63) is 17.5 Å². The molecule has 3 heteroatoms. The Bertz CT molecular complexity index is 320. The number of aromatic nitrogens is 2. The van der Waals surface area contributed by atoms with Crippen LogP contribution in [0.5, 0.6) is 0 Å². The van der Waals surface area contributed by atoms with Crippen molar-refractivity contribution in [1.82, 2.24) is 15.1 Å². The molecule has 1 heterocycles. The molecule has 1 unspecified atom stereocenters. The van der Waals surface area contributed by atoms with E-state index in [0.717, 1.165) is 12.2 Å². The highest BCUT2D eigenvalue weighted by Crippen LogP contribution is 2.18. The Morgan fingerprint density at radius 2 is 2.07 bits per heavy atom. The second kappa shape index (κ2) is 4.35. The predicted molar refractivity (Wildman–Crippen MR) is 63.7 cm³/mol. The highest BCUT2D eigenvalue weighted by atomic mass is 15.3. The van der Waals surface area contributed by atoms with Crippen LogP contribution in [0.2, 0.25) is 0 Å². The molecule has 0 bridgehead atoms. The van der Waals surface area contributed by atoms with Crippen molar-refractivity contribution < 1.29 is 0 Å². The van der Waals surface area contributed by atoms with Crippen LogP contribution in [-0.4, -0.2) is 15.8 Å². The van der Waals surface area contributed by atoms with Crippen molar-refractivity contribution in [3.8, 4) is 0 Å². The highest BCUT2D eigenvalue weighted by molar-refractivity contribution is 5.08. The molecule has 1 aromatic rings. The van der Waals surface area contributed by atoms with Gasteiger partial charge in [-0.25, -0.2) is 0 Å². The Balaban J connectivity index is 2.54. The van der Waals surface area contributed by atoms with Crippen LogP contribution >= 0.6 is 0 Å². The fourth-order valence-corrected chi connectivity index (χ4v) is 1.39. The average Bonchev–Trinajstić information content (AvgIpc) is 2.39. The summed E-state index contributed by atoms with van der Waals surface area (Å²) in [4.78, 5) is 0. The van der Waals surface area contributed by atoms with Gasteiger partial charge in [-0.2, -0.15) is 5.10 Å². The molecule has 1 aromatic heterocycles. The Kier molecular flexibility index (Phi) is 3.55. The van der Waals surface area contributed by atoms with E-state index in [1.54, 1.807) is 0 Å². The van der Waals surface area contributed by atoms with E-state index < -0.39 is 0 Å². The van der Waals surface area contributed by atoms with Gasteiger partial charge in [0.15, 0.2) is 0 Å². The third-order valence-corrected chi connectivity index (χ3v) is 2.99. The van der Waals surface area contributed by atoms with Crippen molar-refractivity contribution in [2.75, 3.05) is 0 Å². The van der Waals surface area contributed by atoms with Gasteiger partial charge in [-0.05, 0) is 25.3 Å². The molecular formula is C12H23N3. The van der Waals surface area contributed by atoms with E-state index in [1.807, 2.05) is 18.7 Å². The van der Waals surface area contributed by atoms with Crippen LogP contribution < -0.4 is 5.32 Å². The van der Waals surface area contributed by atoms with E-state index in [2.05, 4.69) is 44.2 Å². The number of hydrogen-bond acceptors (Lipinski definition) is 2. The second-order valence-electron chi connectivity index (χ2n) is 5.37. The van der Waals surface area contributed by atoms with Crippen molar-refractivity contribution >= 4 is 0 Å². The summed E-state index contributed by atoms with van der Waals surface area (Å²) in [6, 6.07) is 2.62. The molecule has 0 aliphatic heterocycles. The molecule has 0 saturated heterocycles. The van der Waals surface area contributed by atoms with E-state index in [1.165, 1.54) is 5.69 Å². The molecule has 0 amide bonds. The lowest BCUT2D eigenvalue weighted by Crippen LogP contribution is -2.37. The predicted octanol–water partition coefficient (Wildman–Crippen LogP) is 2.25. The molecule has 0 aliphatic rings. The Morgan fingerprint density at radius 1 is 1.47 bits per heavy atom. The monoisotopic (exact) mass is 209 g/mol. The minimum absolute atomic E-state index is 0.299. The highest BCUT2D eigenvalue weighted by Gasteiger charge is 2.19. The van der Waals surface area contributed by atoms with E-state index in [4.69, 9.17) is 0 Å². The topological polar surface area (TPSA) is 29.9 Å². The zero-order valence-electron chi connectivity index (χ0n) is 10.8. The number of nitrogens with zero attached hydrogens (tertiary/aromatic N) is 2. The van der Waals surface area contributed by atoms with Gasteiger partial charge in [0.25, 0.3) is 0 Å². The number of aryl methyl sites for hydroxylation is 2. The maximum Gasteiger partial charge on any atom is 0.0597 e. The summed E-state index contributed by atoms with van der Waals surface area (Å²) < 4.78 is 1.94. The van der Waals surface area contributed by atoms with Crippen LogP contribution in [0.4, 0.5) is 0 Å². The van der Waals surface area contributed by atoms with Gasteiger partial charge in [-0.15, -0.1) is 0 Å². The largest absolute Gasteiger partial charge is 0.308 e. The van der Waals surface area contributed by atoms with Gasteiger partial charge < -0.3 is 5.32 Å². The molecule has 0 aliphatic carbocycles. The van der Waals surface area contributed by atoms with Crippen LogP contribution in [0.15, 0.2) is 6.07 Å². The molecule has 1 N–H and O–H groups in total. The lowest BCUT2D eigenvalue weighted by Gasteiger charge is -2.28. The molecule has 1 rings (SSSR count). The first-order valence-electron chi connectivity index (χ1n) is 5.53. The average molecular weight is 209 g/mol. The van der Waals surface area contributed by atoms with Gasteiger partial charge in [0.2, 0.25) is 0 Å². The minimum Gasteiger partial charge on any atom is -0.308 e. The molecule has 0 saturated carbocycles. The van der Waals surface area contributed by atoms with E-state index in [9.17, 15) is 0 Å². The number of nitrogens with one attached hydrogen (secondary N) is 1. The zero-order valence-corrected chi connectivity index (χ0v) is 10.8. The molecule has 0 radical (unpaired) electrons. The first-order valence-corrected chi connectivity index (χ1v) is 5.53. The molecule has 1 atom stereocenters. The second-order valence-corrected chi connectivity index (χ2v) is 5.37. The zero-order chi connectivity index (χ0) is 11.6. The number of hydrogen-bond donors (Lipinski definition) is 1. The van der Waals surface area contributed by atoms with Gasteiger partial charge in [0, 0.05) is 19.6 Å². The first kappa shape index (κ1) is 12.2. The van der Waals surface area contributed by atoms with Gasteiger partial charge in [-0.3, -0.25) is 4.68 Å². The molecular weight excluding hydrogens is 186 g/mol. The molecule has 3 nitrogen and oxygen atoms in total. The fraction of sp³-hybridized carbons (Fsp3) is 0.750. The molecule has 15 heavy (non-hydrogen) atoms. The summed E-state index contributed by atoms with van der Waals surface area (Å²) in [6.45, 7) is 11.9. The minimum atomic E-state index is 0.299. The van der Waals surface area contributed by atoms with Crippen molar-refractivity contribution in [1.29, 1.82) is 0 Å². The Morgan fingerprint density at radius 3 is 2.47 bits per heavy atom. The Labute approximate surface area is 92.9 Å². The van der Waals surface area contributed by atoms with Crippen molar-refractivity contribution in [3.63, 3.8) is 0 Å². The smallest absolute Gasteiger partial charge is 0.0597 e. The Hall–Kier alpha value is -0.830. The van der Waals surface area contributed by atoms with Crippen LogP contribution in [0, 0.1) is 12.3 Å². The summed E-state index contributed by atoms with van der Waals surface area (Å²) in [7, 11) is 1.99. The van der Waals surface area contributed by atoms with E-state index in [-0.39, 0.29) is 0 Å². The van der Waals surface area contributed by atoms with Crippen LogP contribution in [0.1, 0.15) is 39.1 Å². The standard InChI is InChI=1S/C12H23N3/c1-9-7-11(15(6)14-9)8-13-10(2)12(3,4)5/h7,10,13H,8H2,1-6H3. The third kappa shape index (κ3) is 3.34. The molecule has 0 fully saturated rings. The summed E-state index contributed by atoms with van der Waals surface area (Å²) in [6.07, 6.45) is 0. The van der Waals surface area contributed by atoms with E-state index >= 15 is 0 Å². The van der Waals surface area contributed by atoms with Crippen molar-refractivity contribution in [2.24, 2.45) is 12.5 Å². The quantitative estimate of drug-likeness (QED) is 0.827. The van der Waals surface area contributed by atoms with Gasteiger partial charge in [0.1, 0.15) is 0 Å². The van der Waals surface area contributed by atoms with Gasteiger partial charge in [0.05, 0.1) is 11.4 Å². The maximum atomic E-state index is 4.33. The lowest BCUT2D eigenvalue weighted by atomic mass is 9.88. The van der Waals surface area contributed by atoms with E-state index in [0.29, 0.717) is 11.5 Å². The molecule has 0 spiro atoms. The lowest BCUT2D eigenvalue weighted by molar-refractivity contribution is 0.283. The van der Waals surface area contributed by atoms with Gasteiger partial charge in [-0.1, -0.05) is 20.8 Å². The van der Waals surface area contributed by atoms with Crippen molar-refractivity contribution in [2.45, 2.75) is 47.2 Å². The summed E-state index contributed by atoms with van der Waals surface area (Å²) in [5, 5.41) is 7.86.